The van der Waals surface area contributed by atoms with Crippen molar-refractivity contribution in [3.05, 3.63) is 81.5 Å². The van der Waals surface area contributed by atoms with E-state index in [0.717, 1.165) is 22.4 Å². The van der Waals surface area contributed by atoms with Gasteiger partial charge in [0.2, 0.25) is 5.91 Å². The number of anilines is 1. The first-order valence-corrected chi connectivity index (χ1v) is 8.79. The van der Waals surface area contributed by atoms with Crippen molar-refractivity contribution in [3.63, 3.8) is 0 Å². The van der Waals surface area contributed by atoms with Gasteiger partial charge in [-0.25, -0.2) is 0 Å². The zero-order valence-electron chi connectivity index (χ0n) is 14.3. The molecule has 1 N–H and O–H groups in total. The van der Waals surface area contributed by atoms with Crippen molar-refractivity contribution in [1.82, 2.24) is 0 Å². The highest BCUT2D eigenvalue weighted by Crippen LogP contribution is 2.29. The summed E-state index contributed by atoms with van der Waals surface area (Å²) in [7, 11) is 0. The summed E-state index contributed by atoms with van der Waals surface area (Å²) < 4.78 is 5.74. The predicted molar refractivity (Wildman–Crippen MR) is 108 cm³/mol. The quantitative estimate of drug-likeness (QED) is 0.519. The van der Waals surface area contributed by atoms with Crippen LogP contribution in [0.2, 0.25) is 10.0 Å². The Labute approximate surface area is 162 Å². The first-order chi connectivity index (χ1) is 12.4. The number of aryl methyl sites for hydroxylation is 2. The fourth-order valence-electron chi connectivity index (χ4n) is 2.50. The molecule has 0 atom stereocenters. The maximum absolute atomic E-state index is 12.1. The van der Waals surface area contributed by atoms with Crippen LogP contribution in [0.15, 0.2) is 59.0 Å². The van der Waals surface area contributed by atoms with Gasteiger partial charge in [0, 0.05) is 27.4 Å². The van der Waals surface area contributed by atoms with Gasteiger partial charge in [-0.05, 0) is 67.4 Å². The van der Waals surface area contributed by atoms with Gasteiger partial charge in [0.05, 0.1) is 0 Å². The molecule has 5 heteroatoms. The van der Waals surface area contributed by atoms with E-state index in [4.69, 9.17) is 27.6 Å². The molecular formula is C21H17Cl2NO2. The lowest BCUT2D eigenvalue weighted by atomic mass is 10.1. The third kappa shape index (κ3) is 4.57. The van der Waals surface area contributed by atoms with Crippen molar-refractivity contribution >= 4 is 40.9 Å². The van der Waals surface area contributed by atoms with Crippen LogP contribution in [0.3, 0.4) is 0 Å². The van der Waals surface area contributed by atoms with Gasteiger partial charge in [-0.2, -0.15) is 0 Å². The molecule has 0 saturated heterocycles. The van der Waals surface area contributed by atoms with E-state index in [-0.39, 0.29) is 5.91 Å². The second kappa shape index (κ2) is 7.81. The summed E-state index contributed by atoms with van der Waals surface area (Å²) >= 11 is 12.0. The van der Waals surface area contributed by atoms with E-state index in [1.54, 1.807) is 30.3 Å². The van der Waals surface area contributed by atoms with Gasteiger partial charge >= 0.3 is 0 Å². The molecule has 26 heavy (non-hydrogen) atoms. The number of rotatable bonds is 4. The highest BCUT2D eigenvalue weighted by Gasteiger charge is 2.07. The van der Waals surface area contributed by atoms with Gasteiger partial charge in [-0.15, -0.1) is 0 Å². The third-order valence-electron chi connectivity index (χ3n) is 3.82. The maximum Gasteiger partial charge on any atom is 0.248 e. The number of benzene rings is 2. The molecule has 0 unspecified atom stereocenters. The van der Waals surface area contributed by atoms with Crippen LogP contribution in [0.1, 0.15) is 16.9 Å². The summed E-state index contributed by atoms with van der Waals surface area (Å²) in [6, 6.07) is 14.7. The molecule has 3 aromatic rings. The van der Waals surface area contributed by atoms with E-state index in [1.165, 1.54) is 6.08 Å². The monoisotopic (exact) mass is 385 g/mol. The van der Waals surface area contributed by atoms with E-state index < -0.39 is 0 Å². The van der Waals surface area contributed by atoms with Crippen LogP contribution in [0.25, 0.3) is 17.4 Å². The number of carbonyl (C=O) groups excluding carboxylic acids is 1. The summed E-state index contributed by atoms with van der Waals surface area (Å²) in [6.45, 7) is 3.94. The van der Waals surface area contributed by atoms with E-state index >= 15 is 0 Å². The lowest BCUT2D eigenvalue weighted by Crippen LogP contribution is -2.09. The standard InChI is InChI=1S/C21H17Cl2NO2/c1-13-3-4-14(2)19(9-13)24-21(25)8-6-18-5-7-20(26-18)15-10-16(22)12-17(23)11-15/h3-12H,1-2H3,(H,24,25)/b8-6+. The summed E-state index contributed by atoms with van der Waals surface area (Å²) in [4.78, 5) is 12.1. The van der Waals surface area contributed by atoms with Crippen molar-refractivity contribution in [3.8, 4) is 11.3 Å². The lowest BCUT2D eigenvalue weighted by molar-refractivity contribution is -0.111. The molecule has 1 heterocycles. The number of carbonyl (C=O) groups is 1. The number of hydrogen-bond acceptors (Lipinski definition) is 2. The Morgan fingerprint density at radius 2 is 1.73 bits per heavy atom. The van der Waals surface area contributed by atoms with Crippen LogP contribution in [0, 0.1) is 13.8 Å². The van der Waals surface area contributed by atoms with Gasteiger partial charge in [0.15, 0.2) is 0 Å². The first kappa shape index (κ1) is 18.3. The highest BCUT2D eigenvalue weighted by atomic mass is 35.5. The average molecular weight is 386 g/mol. The van der Waals surface area contributed by atoms with Crippen molar-refractivity contribution in [1.29, 1.82) is 0 Å². The summed E-state index contributed by atoms with van der Waals surface area (Å²) in [5.74, 6) is 0.971. The van der Waals surface area contributed by atoms with E-state index in [2.05, 4.69) is 5.32 Å². The molecule has 0 aliphatic heterocycles. The Morgan fingerprint density at radius 3 is 2.46 bits per heavy atom. The van der Waals surface area contributed by atoms with Crippen LogP contribution >= 0.6 is 23.2 Å². The Kier molecular flexibility index (Phi) is 5.50. The van der Waals surface area contributed by atoms with Crippen molar-refractivity contribution in [2.24, 2.45) is 0 Å². The molecule has 2 aromatic carbocycles. The third-order valence-corrected chi connectivity index (χ3v) is 4.26. The number of nitrogens with one attached hydrogen (secondary N) is 1. The van der Waals surface area contributed by atoms with E-state index in [0.29, 0.717) is 21.6 Å². The molecule has 0 fully saturated rings. The molecule has 0 aliphatic carbocycles. The molecule has 132 valence electrons. The molecular weight excluding hydrogens is 369 g/mol. The molecule has 0 bridgehead atoms. The second-order valence-electron chi connectivity index (χ2n) is 6.00. The van der Waals surface area contributed by atoms with Gasteiger partial charge in [0.25, 0.3) is 0 Å². The average Bonchev–Trinajstić information content (AvgIpc) is 3.04. The van der Waals surface area contributed by atoms with Gasteiger partial charge in [-0.3, -0.25) is 4.79 Å². The maximum atomic E-state index is 12.1. The normalized spacial score (nSPS) is 11.1. The van der Waals surface area contributed by atoms with Crippen molar-refractivity contribution in [2.45, 2.75) is 13.8 Å². The van der Waals surface area contributed by atoms with Gasteiger partial charge in [-0.1, -0.05) is 35.3 Å². The van der Waals surface area contributed by atoms with E-state index in [9.17, 15) is 4.79 Å². The predicted octanol–water partition coefficient (Wildman–Crippen LogP) is 6.52. The van der Waals surface area contributed by atoms with Crippen LogP contribution in [0.4, 0.5) is 5.69 Å². The Bertz CT molecular complexity index is 969. The number of halogens is 2. The summed E-state index contributed by atoms with van der Waals surface area (Å²) in [5, 5.41) is 3.94. The smallest absolute Gasteiger partial charge is 0.248 e. The molecule has 1 aromatic heterocycles. The molecule has 3 nitrogen and oxygen atoms in total. The molecule has 0 saturated carbocycles. The highest BCUT2D eigenvalue weighted by molar-refractivity contribution is 6.35. The second-order valence-corrected chi connectivity index (χ2v) is 6.87. The van der Waals surface area contributed by atoms with Gasteiger partial charge in [0.1, 0.15) is 11.5 Å². The number of hydrogen-bond donors (Lipinski definition) is 1. The van der Waals surface area contributed by atoms with E-state index in [1.807, 2.05) is 38.1 Å². The van der Waals surface area contributed by atoms with Crippen molar-refractivity contribution in [2.75, 3.05) is 5.32 Å². The Hall–Kier alpha value is -2.49. The summed E-state index contributed by atoms with van der Waals surface area (Å²) in [5.41, 5.74) is 3.68. The van der Waals surface area contributed by atoms with Crippen LogP contribution in [0.5, 0.6) is 0 Å². The fraction of sp³-hybridized carbons (Fsp3) is 0.0952. The van der Waals surface area contributed by atoms with Gasteiger partial charge < -0.3 is 9.73 Å². The molecule has 0 spiro atoms. The van der Waals surface area contributed by atoms with Crippen LogP contribution < -0.4 is 5.32 Å². The largest absolute Gasteiger partial charge is 0.457 e. The topological polar surface area (TPSA) is 42.2 Å². The molecule has 0 aliphatic rings. The lowest BCUT2D eigenvalue weighted by Gasteiger charge is -2.07. The fourth-order valence-corrected chi connectivity index (χ4v) is 3.02. The molecule has 1 amide bonds. The summed E-state index contributed by atoms with van der Waals surface area (Å²) in [6.07, 6.45) is 3.06. The zero-order chi connectivity index (χ0) is 18.7. The zero-order valence-corrected chi connectivity index (χ0v) is 15.9. The minimum Gasteiger partial charge on any atom is -0.457 e. The van der Waals surface area contributed by atoms with Crippen molar-refractivity contribution < 1.29 is 9.21 Å². The Balaban J connectivity index is 1.72. The van der Waals surface area contributed by atoms with Crippen LogP contribution in [-0.2, 0) is 4.79 Å². The SMILES string of the molecule is Cc1ccc(C)c(NC(=O)/C=C/c2ccc(-c3cc(Cl)cc(Cl)c3)o2)c1. The molecule has 0 radical (unpaired) electrons. The number of furan rings is 1. The molecule has 3 rings (SSSR count). The minimum atomic E-state index is -0.220. The Morgan fingerprint density at radius 1 is 1.00 bits per heavy atom. The minimum absolute atomic E-state index is 0.220. The first-order valence-electron chi connectivity index (χ1n) is 8.03. The van der Waals surface area contributed by atoms with Crippen LogP contribution in [-0.4, -0.2) is 5.91 Å². The number of amides is 1.